The van der Waals surface area contributed by atoms with Gasteiger partial charge in [-0.1, -0.05) is 48.1 Å². The Morgan fingerprint density at radius 3 is 2.76 bits per heavy atom. The highest BCUT2D eigenvalue weighted by Crippen LogP contribution is 2.34. The summed E-state index contributed by atoms with van der Waals surface area (Å²) < 4.78 is 0.969. The van der Waals surface area contributed by atoms with E-state index in [0.29, 0.717) is 5.75 Å². The molecule has 8 heteroatoms. The summed E-state index contributed by atoms with van der Waals surface area (Å²) in [5, 5.41) is 4.85. The molecular weight excluding hydrogens is 402 g/mol. The number of anilines is 2. The van der Waals surface area contributed by atoms with Gasteiger partial charge < -0.3 is 10.2 Å². The number of nitrogens with zero attached hydrogens (tertiary/aromatic N) is 4. The van der Waals surface area contributed by atoms with Gasteiger partial charge in [-0.25, -0.2) is 9.97 Å². The SMILES string of the molecule is Cc1cccc(NC(=O)CSc2ncnc3nc(N4CCCCCC4)sc23)c1C. The third-order valence-corrected chi connectivity index (χ3v) is 7.47. The van der Waals surface area contributed by atoms with Crippen LogP contribution < -0.4 is 10.2 Å². The van der Waals surface area contributed by atoms with E-state index in [-0.39, 0.29) is 5.91 Å². The largest absolute Gasteiger partial charge is 0.348 e. The minimum Gasteiger partial charge on any atom is -0.348 e. The van der Waals surface area contributed by atoms with Crippen LogP contribution >= 0.6 is 23.1 Å². The van der Waals surface area contributed by atoms with Crippen molar-refractivity contribution in [2.75, 3.05) is 29.1 Å². The maximum atomic E-state index is 12.5. The molecule has 3 heterocycles. The predicted molar refractivity (Wildman–Crippen MR) is 121 cm³/mol. The Morgan fingerprint density at radius 1 is 1.17 bits per heavy atom. The second-order valence-corrected chi connectivity index (χ2v) is 9.26. The summed E-state index contributed by atoms with van der Waals surface area (Å²) in [6, 6.07) is 5.94. The summed E-state index contributed by atoms with van der Waals surface area (Å²) in [4.78, 5) is 28.3. The van der Waals surface area contributed by atoms with Crippen LogP contribution in [0.4, 0.5) is 10.8 Å². The van der Waals surface area contributed by atoms with Gasteiger partial charge in [0.15, 0.2) is 10.8 Å². The van der Waals surface area contributed by atoms with Gasteiger partial charge in [0.2, 0.25) is 5.91 Å². The highest BCUT2D eigenvalue weighted by molar-refractivity contribution is 8.00. The van der Waals surface area contributed by atoms with Gasteiger partial charge in [0.05, 0.1) is 5.75 Å². The van der Waals surface area contributed by atoms with Crippen molar-refractivity contribution < 1.29 is 4.79 Å². The number of hydrogen-bond acceptors (Lipinski definition) is 7. The van der Waals surface area contributed by atoms with Gasteiger partial charge in [0.1, 0.15) is 16.1 Å². The molecule has 4 rings (SSSR count). The molecular formula is C21H25N5OS2. The normalized spacial score (nSPS) is 14.8. The van der Waals surface area contributed by atoms with Crippen LogP contribution in [0.2, 0.25) is 0 Å². The van der Waals surface area contributed by atoms with Crippen molar-refractivity contribution in [2.45, 2.75) is 44.6 Å². The lowest BCUT2D eigenvalue weighted by molar-refractivity contribution is -0.113. The molecule has 1 aliphatic heterocycles. The van der Waals surface area contributed by atoms with Gasteiger partial charge in [-0.05, 0) is 43.9 Å². The Balaban J connectivity index is 1.46. The van der Waals surface area contributed by atoms with Crippen LogP contribution in [0.3, 0.4) is 0 Å². The van der Waals surface area contributed by atoms with E-state index in [4.69, 9.17) is 4.98 Å². The van der Waals surface area contributed by atoms with Crippen molar-refractivity contribution in [1.29, 1.82) is 0 Å². The van der Waals surface area contributed by atoms with Gasteiger partial charge >= 0.3 is 0 Å². The minimum atomic E-state index is -0.0345. The first kappa shape index (κ1) is 20.1. The van der Waals surface area contributed by atoms with Crippen LogP contribution in [0.25, 0.3) is 10.3 Å². The molecule has 152 valence electrons. The van der Waals surface area contributed by atoms with E-state index in [1.165, 1.54) is 43.0 Å². The standard InChI is InChI=1S/C21H25N5OS2/c1-14-8-7-9-16(15(14)2)24-17(27)12-28-20-18-19(22-13-23-20)25-21(29-18)26-10-5-3-4-6-11-26/h7-9,13H,3-6,10-12H2,1-2H3,(H,24,27). The maximum Gasteiger partial charge on any atom is 0.234 e. The van der Waals surface area contributed by atoms with E-state index >= 15 is 0 Å². The van der Waals surface area contributed by atoms with Crippen molar-refractivity contribution in [2.24, 2.45) is 0 Å². The molecule has 2 aromatic heterocycles. The zero-order valence-corrected chi connectivity index (χ0v) is 18.4. The number of thioether (sulfide) groups is 1. The zero-order valence-electron chi connectivity index (χ0n) is 16.8. The summed E-state index contributed by atoms with van der Waals surface area (Å²) in [6.07, 6.45) is 6.54. The van der Waals surface area contributed by atoms with E-state index in [1.807, 2.05) is 32.0 Å². The Morgan fingerprint density at radius 2 is 1.97 bits per heavy atom. The molecule has 1 aliphatic rings. The molecule has 0 radical (unpaired) electrons. The molecule has 0 unspecified atom stereocenters. The average molecular weight is 428 g/mol. The van der Waals surface area contributed by atoms with Crippen LogP contribution in [0, 0.1) is 13.8 Å². The fraction of sp³-hybridized carbons (Fsp3) is 0.429. The summed E-state index contributed by atoms with van der Waals surface area (Å²) in [7, 11) is 0. The smallest absolute Gasteiger partial charge is 0.234 e. The molecule has 0 spiro atoms. The molecule has 0 atom stereocenters. The fourth-order valence-corrected chi connectivity index (χ4v) is 5.37. The van der Waals surface area contributed by atoms with Crippen LogP contribution in [-0.2, 0) is 4.79 Å². The number of thiazole rings is 1. The summed E-state index contributed by atoms with van der Waals surface area (Å²) in [5.41, 5.74) is 3.85. The van der Waals surface area contributed by atoms with E-state index in [2.05, 4.69) is 20.2 Å². The molecule has 1 aromatic carbocycles. The van der Waals surface area contributed by atoms with Gasteiger partial charge in [-0.3, -0.25) is 4.79 Å². The van der Waals surface area contributed by atoms with Crippen molar-refractivity contribution in [3.05, 3.63) is 35.7 Å². The summed E-state index contributed by atoms with van der Waals surface area (Å²) >= 11 is 3.08. The van der Waals surface area contributed by atoms with Crippen molar-refractivity contribution in [1.82, 2.24) is 15.0 Å². The first-order valence-electron chi connectivity index (χ1n) is 9.97. The van der Waals surface area contributed by atoms with E-state index in [1.54, 1.807) is 17.7 Å². The molecule has 3 aromatic rings. The highest BCUT2D eigenvalue weighted by Gasteiger charge is 2.18. The number of aryl methyl sites for hydroxylation is 1. The van der Waals surface area contributed by atoms with Gasteiger partial charge in [0, 0.05) is 18.8 Å². The molecule has 29 heavy (non-hydrogen) atoms. The Labute approximate surface area is 179 Å². The van der Waals surface area contributed by atoms with E-state index < -0.39 is 0 Å². The number of benzene rings is 1. The molecule has 6 nitrogen and oxygen atoms in total. The van der Waals surface area contributed by atoms with Gasteiger partial charge in [-0.2, -0.15) is 4.98 Å². The van der Waals surface area contributed by atoms with Crippen LogP contribution in [0.15, 0.2) is 29.6 Å². The number of amides is 1. The van der Waals surface area contributed by atoms with Crippen molar-refractivity contribution in [3.63, 3.8) is 0 Å². The Kier molecular flexibility index (Phi) is 6.30. The lowest BCUT2D eigenvalue weighted by Gasteiger charge is -2.18. The second-order valence-electron chi connectivity index (χ2n) is 7.31. The first-order chi connectivity index (χ1) is 14.1. The Hall–Kier alpha value is -2.19. The molecule has 0 bridgehead atoms. The molecule has 1 saturated heterocycles. The maximum absolute atomic E-state index is 12.5. The summed E-state index contributed by atoms with van der Waals surface area (Å²) in [5.74, 6) is 0.268. The highest BCUT2D eigenvalue weighted by atomic mass is 32.2. The average Bonchev–Trinajstić information content (AvgIpc) is 2.97. The monoisotopic (exact) mass is 427 g/mol. The van der Waals surface area contributed by atoms with Crippen molar-refractivity contribution >= 4 is 50.2 Å². The van der Waals surface area contributed by atoms with Gasteiger partial charge in [-0.15, -0.1) is 0 Å². The third-order valence-electron chi connectivity index (χ3n) is 5.24. The molecule has 0 saturated carbocycles. The predicted octanol–water partition coefficient (Wildman–Crippen LogP) is 4.81. The van der Waals surface area contributed by atoms with Crippen LogP contribution in [0.1, 0.15) is 36.8 Å². The lowest BCUT2D eigenvalue weighted by atomic mass is 10.1. The first-order valence-corrected chi connectivity index (χ1v) is 11.8. The molecule has 1 amide bonds. The summed E-state index contributed by atoms with van der Waals surface area (Å²) in [6.45, 7) is 6.17. The fourth-order valence-electron chi connectivity index (χ4n) is 3.43. The second kappa shape index (κ2) is 9.09. The van der Waals surface area contributed by atoms with E-state index in [0.717, 1.165) is 44.8 Å². The quantitative estimate of drug-likeness (QED) is 0.465. The number of hydrogen-bond donors (Lipinski definition) is 1. The molecule has 1 fully saturated rings. The number of rotatable bonds is 5. The number of carbonyl (C=O) groups excluding carboxylic acids is 1. The van der Waals surface area contributed by atoms with Gasteiger partial charge in [0.25, 0.3) is 0 Å². The number of carbonyl (C=O) groups is 1. The zero-order chi connectivity index (χ0) is 20.2. The van der Waals surface area contributed by atoms with Crippen LogP contribution in [-0.4, -0.2) is 39.7 Å². The van der Waals surface area contributed by atoms with Crippen LogP contribution in [0.5, 0.6) is 0 Å². The lowest BCUT2D eigenvalue weighted by Crippen LogP contribution is -2.23. The van der Waals surface area contributed by atoms with E-state index in [9.17, 15) is 4.79 Å². The number of nitrogens with one attached hydrogen (secondary N) is 1. The molecule has 0 aliphatic carbocycles. The third kappa shape index (κ3) is 4.70. The molecule has 1 N–H and O–H groups in total. The topological polar surface area (TPSA) is 71.0 Å². The minimum absolute atomic E-state index is 0.0345. The number of fused-ring (bicyclic) bond motifs is 1. The Bertz CT molecular complexity index is 1010. The van der Waals surface area contributed by atoms with Crippen molar-refractivity contribution in [3.8, 4) is 0 Å². The number of aromatic nitrogens is 3.